The van der Waals surface area contributed by atoms with Crippen LogP contribution in [0.15, 0.2) is 54.7 Å². The quantitative estimate of drug-likeness (QED) is 0.0720. The number of anilines is 2. The molecule has 0 unspecified atom stereocenters. The van der Waals surface area contributed by atoms with Crippen LogP contribution in [-0.4, -0.2) is 52.8 Å². The van der Waals surface area contributed by atoms with Gasteiger partial charge in [0.15, 0.2) is 5.75 Å². The van der Waals surface area contributed by atoms with Crippen molar-refractivity contribution in [2.24, 2.45) is 7.05 Å². The Bertz CT molecular complexity index is 2050. The number of nitrogens with one attached hydrogen (secondary N) is 2. The van der Waals surface area contributed by atoms with Crippen molar-refractivity contribution in [1.82, 2.24) is 14.0 Å². The number of halogens is 6. The van der Waals surface area contributed by atoms with Crippen LogP contribution in [0.3, 0.4) is 0 Å². The Labute approximate surface area is 269 Å². The van der Waals surface area contributed by atoms with Gasteiger partial charge in [-0.3, -0.25) is 9.59 Å². The molecule has 0 aliphatic carbocycles. The van der Waals surface area contributed by atoms with E-state index in [0.717, 1.165) is 24.3 Å². The third kappa shape index (κ3) is 6.01. The molecule has 0 spiro atoms. The number of nitrogens with zero attached hydrogens (tertiary/aromatic N) is 3. The molecule has 0 saturated heterocycles. The number of rotatable bonds is 10. The summed E-state index contributed by atoms with van der Waals surface area (Å²) in [4.78, 5) is 30.2. The SMILES string of the molecule is CNc1cc(C(=O)c2cc(F)c(NC(=O)/C=C/CCl)c(F)c2)n2cccc(-c3c(C(F)(F)F)cc4c(nc(COC)n4C)c3OC)c12. The van der Waals surface area contributed by atoms with E-state index in [9.17, 15) is 31.5 Å². The monoisotopic (exact) mass is 675 g/mol. The van der Waals surface area contributed by atoms with Crippen LogP contribution in [0, 0.1) is 11.6 Å². The summed E-state index contributed by atoms with van der Waals surface area (Å²) in [5.41, 5.74) is -1.85. The first-order chi connectivity index (χ1) is 22.4. The minimum Gasteiger partial charge on any atom is -0.494 e. The Morgan fingerprint density at radius 1 is 1.11 bits per heavy atom. The first-order valence-electron chi connectivity index (χ1n) is 13.9. The van der Waals surface area contributed by atoms with Crippen molar-refractivity contribution in [3.8, 4) is 16.9 Å². The van der Waals surface area contributed by atoms with Crippen LogP contribution in [0.1, 0.15) is 27.4 Å². The highest BCUT2D eigenvalue weighted by Crippen LogP contribution is 2.48. The molecule has 246 valence electrons. The van der Waals surface area contributed by atoms with E-state index in [4.69, 9.17) is 21.1 Å². The zero-order valence-corrected chi connectivity index (χ0v) is 26.1. The van der Waals surface area contributed by atoms with E-state index in [1.54, 1.807) is 7.05 Å². The van der Waals surface area contributed by atoms with Gasteiger partial charge in [-0.1, -0.05) is 12.1 Å². The van der Waals surface area contributed by atoms with Crippen LogP contribution < -0.4 is 15.4 Å². The second-order valence-electron chi connectivity index (χ2n) is 10.2. The summed E-state index contributed by atoms with van der Waals surface area (Å²) in [6.45, 7) is 0.0360. The number of fused-ring (bicyclic) bond motifs is 2. The molecule has 0 atom stereocenters. The van der Waals surface area contributed by atoms with Crippen molar-refractivity contribution in [3.63, 3.8) is 0 Å². The highest BCUT2D eigenvalue weighted by molar-refractivity contribution is 6.19. The number of imidazole rings is 1. The molecule has 0 saturated carbocycles. The van der Waals surface area contributed by atoms with E-state index >= 15 is 0 Å². The molecule has 5 aromatic rings. The van der Waals surface area contributed by atoms with Crippen LogP contribution in [0.4, 0.5) is 33.3 Å². The molecule has 0 radical (unpaired) electrons. The maximum atomic E-state index is 15.0. The Kier molecular flexibility index (Phi) is 9.27. The predicted molar refractivity (Wildman–Crippen MR) is 167 cm³/mol. The van der Waals surface area contributed by atoms with E-state index in [-0.39, 0.29) is 57.3 Å². The summed E-state index contributed by atoms with van der Waals surface area (Å²) >= 11 is 5.48. The highest BCUT2D eigenvalue weighted by Gasteiger charge is 2.38. The summed E-state index contributed by atoms with van der Waals surface area (Å²) in [5.74, 6) is -3.89. The predicted octanol–water partition coefficient (Wildman–Crippen LogP) is 6.95. The number of amides is 1. The minimum absolute atomic E-state index is 0.00475. The zero-order valence-electron chi connectivity index (χ0n) is 25.4. The highest BCUT2D eigenvalue weighted by atomic mass is 35.5. The van der Waals surface area contributed by atoms with Gasteiger partial charge in [-0.2, -0.15) is 13.2 Å². The lowest BCUT2D eigenvalue weighted by atomic mass is 9.96. The van der Waals surface area contributed by atoms with Gasteiger partial charge in [-0.25, -0.2) is 13.8 Å². The van der Waals surface area contributed by atoms with Crippen molar-refractivity contribution >= 4 is 51.2 Å². The van der Waals surface area contributed by atoms with Crippen molar-refractivity contribution in [1.29, 1.82) is 0 Å². The second kappa shape index (κ2) is 13.0. The molecule has 5 rings (SSSR count). The van der Waals surface area contributed by atoms with Gasteiger partial charge in [0, 0.05) is 56.0 Å². The molecule has 0 bridgehead atoms. The molecule has 2 N–H and O–H groups in total. The molecular weight excluding hydrogens is 649 g/mol. The average Bonchev–Trinajstić information content (AvgIpc) is 3.57. The van der Waals surface area contributed by atoms with Gasteiger partial charge in [-0.15, -0.1) is 11.6 Å². The van der Waals surface area contributed by atoms with Crippen molar-refractivity contribution < 1.29 is 41.0 Å². The standard InChI is InChI=1S/C32H27ClF5N5O4/c1-39-21-14-23(30(45)16-11-19(34)27(20(35)12-16)41-25(44)8-5-9-33)43-10-6-7-17(29(21)43)26-18(32(36,37)38)13-22-28(31(26)47-4)40-24(15-46-3)42(22)2/h5-8,10-14,39H,9,15H2,1-4H3,(H,41,44)/b8-5+. The average molecular weight is 676 g/mol. The largest absolute Gasteiger partial charge is 0.494 e. The molecule has 47 heavy (non-hydrogen) atoms. The Hall–Kier alpha value is -4.95. The lowest BCUT2D eigenvalue weighted by Gasteiger charge is -2.19. The number of alkyl halides is 4. The van der Waals surface area contributed by atoms with E-state index in [2.05, 4.69) is 15.6 Å². The summed E-state index contributed by atoms with van der Waals surface area (Å²) < 4.78 is 87.8. The van der Waals surface area contributed by atoms with Gasteiger partial charge < -0.3 is 29.1 Å². The molecule has 1 amide bonds. The summed E-state index contributed by atoms with van der Waals surface area (Å²) in [7, 11) is 5.75. The van der Waals surface area contributed by atoms with Gasteiger partial charge in [0.25, 0.3) is 0 Å². The first kappa shape index (κ1) is 33.4. The molecular formula is C32H27ClF5N5O4. The minimum atomic E-state index is -4.84. The molecule has 3 aromatic heterocycles. The number of hydrogen-bond donors (Lipinski definition) is 2. The number of allylic oxidation sites excluding steroid dienone is 1. The Morgan fingerprint density at radius 3 is 2.40 bits per heavy atom. The van der Waals surface area contributed by atoms with Gasteiger partial charge in [0.2, 0.25) is 11.7 Å². The molecule has 3 heterocycles. The van der Waals surface area contributed by atoms with E-state index < -0.39 is 46.3 Å². The van der Waals surface area contributed by atoms with Crippen LogP contribution >= 0.6 is 11.6 Å². The van der Waals surface area contributed by atoms with Crippen molar-refractivity contribution in [2.75, 3.05) is 37.8 Å². The maximum Gasteiger partial charge on any atom is 0.417 e. The fourth-order valence-electron chi connectivity index (χ4n) is 5.40. The number of hydrogen-bond acceptors (Lipinski definition) is 6. The summed E-state index contributed by atoms with van der Waals surface area (Å²) in [6.07, 6.45) is -1.13. The normalized spacial score (nSPS) is 12.0. The molecule has 9 nitrogen and oxygen atoms in total. The van der Waals surface area contributed by atoms with Gasteiger partial charge in [0.1, 0.15) is 35.3 Å². The number of methoxy groups -OCH3 is 2. The van der Waals surface area contributed by atoms with Crippen LogP contribution in [0.2, 0.25) is 0 Å². The van der Waals surface area contributed by atoms with E-state index in [0.29, 0.717) is 5.82 Å². The Balaban J connectivity index is 1.72. The third-order valence-corrected chi connectivity index (χ3v) is 7.66. The number of aromatic nitrogens is 3. The van der Waals surface area contributed by atoms with Crippen LogP contribution in [0.25, 0.3) is 27.7 Å². The third-order valence-electron chi connectivity index (χ3n) is 7.48. The van der Waals surface area contributed by atoms with Crippen molar-refractivity contribution in [2.45, 2.75) is 12.8 Å². The first-order valence-corrected chi connectivity index (χ1v) is 14.4. The fourth-order valence-corrected chi connectivity index (χ4v) is 5.49. The van der Waals surface area contributed by atoms with E-state index in [1.807, 2.05) is 0 Å². The lowest BCUT2D eigenvalue weighted by Crippen LogP contribution is -2.13. The second-order valence-corrected chi connectivity index (χ2v) is 10.6. The molecule has 2 aromatic carbocycles. The topological polar surface area (TPSA) is 98.9 Å². The number of ketones is 1. The Morgan fingerprint density at radius 2 is 1.81 bits per heavy atom. The number of benzene rings is 2. The van der Waals surface area contributed by atoms with Gasteiger partial charge >= 0.3 is 6.18 Å². The summed E-state index contributed by atoms with van der Waals surface area (Å²) in [5, 5.41) is 4.96. The van der Waals surface area contributed by atoms with Crippen LogP contribution in [-0.2, 0) is 29.4 Å². The smallest absolute Gasteiger partial charge is 0.417 e. The number of aryl methyl sites for hydroxylation is 1. The number of carbonyl (C=O) groups excluding carboxylic acids is 2. The summed E-state index contributed by atoms with van der Waals surface area (Å²) in [6, 6.07) is 6.73. The van der Waals surface area contributed by atoms with Crippen molar-refractivity contribution in [3.05, 3.63) is 89.0 Å². The fraction of sp³-hybridized carbons (Fsp3) is 0.219. The number of carbonyl (C=O) groups is 2. The van der Waals surface area contributed by atoms with Gasteiger partial charge in [0.05, 0.1) is 35.1 Å². The molecule has 0 aliphatic rings. The molecule has 0 aliphatic heterocycles. The number of ether oxygens (including phenoxy) is 2. The van der Waals surface area contributed by atoms with Gasteiger partial charge in [-0.05, 0) is 30.3 Å². The van der Waals surface area contributed by atoms with E-state index in [1.165, 1.54) is 60.7 Å². The van der Waals surface area contributed by atoms with Crippen LogP contribution in [0.5, 0.6) is 5.75 Å². The lowest BCUT2D eigenvalue weighted by molar-refractivity contribution is -0.137. The zero-order chi connectivity index (χ0) is 34.2. The number of pyridine rings is 1. The molecule has 0 fully saturated rings. The maximum absolute atomic E-state index is 15.0. The molecule has 15 heteroatoms.